The number of aromatic nitrogens is 2. The van der Waals surface area contributed by atoms with Crippen molar-refractivity contribution in [2.75, 3.05) is 24.3 Å². The number of thioether (sulfide) groups is 1. The van der Waals surface area contributed by atoms with Crippen LogP contribution in [0, 0.1) is 0 Å². The second-order valence-electron chi connectivity index (χ2n) is 3.91. The zero-order valence-electron chi connectivity index (χ0n) is 10.9. The highest BCUT2D eigenvalue weighted by Crippen LogP contribution is 2.22. The number of nitrogen functional groups attached to an aromatic ring is 2. The van der Waals surface area contributed by atoms with Gasteiger partial charge in [-0.15, -0.1) is 0 Å². The second kappa shape index (κ2) is 6.25. The third kappa shape index (κ3) is 3.39. The van der Waals surface area contributed by atoms with Gasteiger partial charge in [0.15, 0.2) is 10.9 Å². The monoisotopic (exact) mass is 290 g/mol. The van der Waals surface area contributed by atoms with E-state index in [1.807, 2.05) is 6.07 Å². The molecule has 0 aliphatic heterocycles. The molecule has 0 fully saturated rings. The molecule has 104 valence electrons. The molecule has 0 unspecified atom stereocenters. The molecule has 0 saturated heterocycles. The number of ether oxygens (including phenoxy) is 1. The molecule has 20 heavy (non-hydrogen) atoms. The summed E-state index contributed by atoms with van der Waals surface area (Å²) in [6, 6.07) is 8.52. The van der Waals surface area contributed by atoms with Crippen LogP contribution in [0.3, 0.4) is 0 Å². The van der Waals surface area contributed by atoms with Crippen molar-refractivity contribution in [3.63, 3.8) is 0 Å². The summed E-state index contributed by atoms with van der Waals surface area (Å²) in [7, 11) is 1.53. The van der Waals surface area contributed by atoms with Gasteiger partial charge in [0.25, 0.3) is 0 Å². The normalized spacial score (nSPS) is 10.2. The highest BCUT2D eigenvalue weighted by Gasteiger charge is 2.13. The number of Topliss-reactive ketones (excluding diaryl/α,β-unsaturated/α-hetero) is 1. The molecule has 0 saturated carbocycles. The number of hydrogen-bond acceptors (Lipinski definition) is 7. The third-order valence-corrected chi connectivity index (χ3v) is 3.33. The Balaban J connectivity index is 2.08. The van der Waals surface area contributed by atoms with Crippen LogP contribution in [0.2, 0.25) is 0 Å². The maximum Gasteiger partial charge on any atom is 0.191 e. The largest absolute Gasteiger partial charge is 0.496 e. The predicted molar refractivity (Wildman–Crippen MR) is 78.9 cm³/mol. The Bertz CT molecular complexity index is 613. The Morgan fingerprint density at radius 1 is 1.25 bits per heavy atom. The molecule has 4 N–H and O–H groups in total. The molecule has 0 aliphatic carbocycles. The molecular weight excluding hydrogens is 276 g/mol. The molecule has 1 heterocycles. The summed E-state index contributed by atoms with van der Waals surface area (Å²) in [5, 5.41) is 0.380. The van der Waals surface area contributed by atoms with E-state index in [2.05, 4.69) is 9.97 Å². The zero-order chi connectivity index (χ0) is 14.5. The average molecular weight is 290 g/mol. The first-order valence-electron chi connectivity index (χ1n) is 5.79. The minimum absolute atomic E-state index is 0.0722. The smallest absolute Gasteiger partial charge is 0.191 e. The van der Waals surface area contributed by atoms with Gasteiger partial charge < -0.3 is 16.2 Å². The number of nitrogens with two attached hydrogens (primary N) is 2. The Labute approximate surface area is 120 Å². The number of para-hydroxylation sites is 1. The van der Waals surface area contributed by atoms with Gasteiger partial charge in [-0.2, -0.15) is 0 Å². The van der Waals surface area contributed by atoms with Crippen molar-refractivity contribution >= 4 is 29.2 Å². The van der Waals surface area contributed by atoms with Crippen molar-refractivity contribution in [2.24, 2.45) is 0 Å². The van der Waals surface area contributed by atoms with Crippen molar-refractivity contribution in [1.82, 2.24) is 9.97 Å². The highest BCUT2D eigenvalue weighted by atomic mass is 32.2. The number of ketones is 1. The molecule has 6 nitrogen and oxygen atoms in total. The molecule has 2 aromatic rings. The fraction of sp³-hybridized carbons (Fsp3) is 0.154. The molecular formula is C13H14N4O2S. The van der Waals surface area contributed by atoms with Gasteiger partial charge in [-0.25, -0.2) is 9.97 Å². The highest BCUT2D eigenvalue weighted by molar-refractivity contribution is 7.99. The Morgan fingerprint density at radius 3 is 2.55 bits per heavy atom. The van der Waals surface area contributed by atoms with Crippen LogP contribution in [0.25, 0.3) is 0 Å². The van der Waals surface area contributed by atoms with Crippen LogP contribution in [-0.2, 0) is 0 Å². The molecule has 7 heteroatoms. The van der Waals surface area contributed by atoms with Crippen LogP contribution in [0.4, 0.5) is 11.6 Å². The Morgan fingerprint density at radius 2 is 1.90 bits per heavy atom. The van der Waals surface area contributed by atoms with Crippen molar-refractivity contribution in [2.45, 2.75) is 5.16 Å². The lowest BCUT2D eigenvalue weighted by molar-refractivity contribution is 0.101. The minimum Gasteiger partial charge on any atom is -0.496 e. The fourth-order valence-corrected chi connectivity index (χ4v) is 2.36. The molecule has 0 bridgehead atoms. The molecule has 1 aromatic heterocycles. The van der Waals surface area contributed by atoms with E-state index in [1.165, 1.54) is 24.9 Å². The number of hydrogen-bond donors (Lipinski definition) is 2. The number of methoxy groups -OCH3 is 1. The molecule has 2 rings (SSSR count). The summed E-state index contributed by atoms with van der Waals surface area (Å²) in [6.07, 6.45) is 0. The van der Waals surface area contributed by atoms with E-state index < -0.39 is 0 Å². The topological polar surface area (TPSA) is 104 Å². The van der Waals surface area contributed by atoms with Crippen LogP contribution in [0.5, 0.6) is 5.75 Å². The van der Waals surface area contributed by atoms with E-state index in [0.717, 1.165) is 0 Å². The zero-order valence-corrected chi connectivity index (χ0v) is 11.7. The predicted octanol–water partition coefficient (Wildman–Crippen LogP) is 1.62. The summed E-state index contributed by atoms with van der Waals surface area (Å²) in [4.78, 5) is 20.2. The molecule has 0 spiro atoms. The van der Waals surface area contributed by atoms with Gasteiger partial charge in [0.05, 0.1) is 18.4 Å². The van der Waals surface area contributed by atoms with Crippen LogP contribution in [0.15, 0.2) is 35.5 Å². The SMILES string of the molecule is COc1ccccc1C(=O)CSc1nc(N)cc(N)n1. The van der Waals surface area contributed by atoms with Crippen LogP contribution >= 0.6 is 11.8 Å². The summed E-state index contributed by atoms with van der Waals surface area (Å²) in [5.74, 6) is 1.22. The Kier molecular flexibility index (Phi) is 4.41. The quantitative estimate of drug-likeness (QED) is 0.490. The van der Waals surface area contributed by atoms with Gasteiger partial charge in [-0.3, -0.25) is 4.79 Å². The van der Waals surface area contributed by atoms with Gasteiger partial charge in [-0.05, 0) is 12.1 Å². The minimum atomic E-state index is -0.0722. The number of benzene rings is 1. The van der Waals surface area contributed by atoms with Crippen molar-refractivity contribution in [1.29, 1.82) is 0 Å². The van der Waals surface area contributed by atoms with E-state index in [4.69, 9.17) is 16.2 Å². The standard InChI is InChI=1S/C13H14N4O2S/c1-19-10-5-3-2-4-8(10)9(18)7-20-13-16-11(14)6-12(15)17-13/h2-6H,7H2,1H3,(H4,14,15,16,17). The van der Waals surface area contributed by atoms with Gasteiger partial charge in [-0.1, -0.05) is 23.9 Å². The second-order valence-corrected chi connectivity index (χ2v) is 4.85. The van der Waals surface area contributed by atoms with Crippen LogP contribution in [-0.4, -0.2) is 28.6 Å². The lowest BCUT2D eigenvalue weighted by Crippen LogP contribution is -2.06. The lowest BCUT2D eigenvalue weighted by Gasteiger charge is -2.07. The summed E-state index contributed by atoms with van der Waals surface area (Å²) in [5.41, 5.74) is 11.7. The number of anilines is 2. The van der Waals surface area contributed by atoms with Gasteiger partial charge >= 0.3 is 0 Å². The Hall–Kier alpha value is -2.28. The fourth-order valence-electron chi connectivity index (χ4n) is 1.61. The number of carbonyl (C=O) groups is 1. The van der Waals surface area contributed by atoms with E-state index in [1.54, 1.807) is 18.2 Å². The third-order valence-electron chi connectivity index (χ3n) is 2.48. The first-order chi connectivity index (χ1) is 9.60. The first kappa shape index (κ1) is 14.1. The molecule has 1 aromatic carbocycles. The van der Waals surface area contributed by atoms with E-state index in [0.29, 0.717) is 16.5 Å². The molecule has 0 atom stereocenters. The first-order valence-corrected chi connectivity index (χ1v) is 6.77. The number of rotatable bonds is 5. The molecule has 0 amide bonds. The van der Waals surface area contributed by atoms with Gasteiger partial charge in [0.2, 0.25) is 0 Å². The van der Waals surface area contributed by atoms with Gasteiger partial charge in [0.1, 0.15) is 17.4 Å². The maximum absolute atomic E-state index is 12.1. The number of nitrogens with zero attached hydrogens (tertiary/aromatic N) is 2. The van der Waals surface area contributed by atoms with E-state index >= 15 is 0 Å². The summed E-state index contributed by atoms with van der Waals surface area (Å²) in [6.45, 7) is 0. The van der Waals surface area contributed by atoms with E-state index in [-0.39, 0.29) is 23.2 Å². The van der Waals surface area contributed by atoms with Crippen molar-refractivity contribution in [3.8, 4) is 5.75 Å². The van der Waals surface area contributed by atoms with Gasteiger partial charge in [0, 0.05) is 6.07 Å². The molecule has 0 radical (unpaired) electrons. The van der Waals surface area contributed by atoms with Crippen LogP contribution < -0.4 is 16.2 Å². The van der Waals surface area contributed by atoms with Crippen molar-refractivity contribution < 1.29 is 9.53 Å². The summed E-state index contributed by atoms with van der Waals surface area (Å²) < 4.78 is 5.16. The molecule has 0 aliphatic rings. The maximum atomic E-state index is 12.1. The summed E-state index contributed by atoms with van der Waals surface area (Å²) >= 11 is 1.18. The average Bonchev–Trinajstić information content (AvgIpc) is 2.43. The van der Waals surface area contributed by atoms with E-state index in [9.17, 15) is 4.79 Å². The lowest BCUT2D eigenvalue weighted by atomic mass is 10.1. The van der Waals surface area contributed by atoms with Crippen molar-refractivity contribution in [3.05, 3.63) is 35.9 Å². The van der Waals surface area contributed by atoms with Crippen LogP contribution in [0.1, 0.15) is 10.4 Å². The number of carbonyl (C=O) groups excluding carboxylic acids is 1.